The van der Waals surface area contributed by atoms with Gasteiger partial charge < -0.3 is 20.4 Å². The zero-order chi connectivity index (χ0) is 23.3. The van der Waals surface area contributed by atoms with Gasteiger partial charge in [0.1, 0.15) is 5.82 Å². The summed E-state index contributed by atoms with van der Waals surface area (Å²) in [7, 11) is 4.05. The molecule has 1 unspecified atom stereocenters. The SMILES string of the molecule is CN(C)c1ccc(C(CNC(=O)NC(C)(C)C)N2CCN(c3ccc(F)cc3)CC2)cc1. The Morgan fingerprint density at radius 2 is 1.59 bits per heavy atom. The van der Waals surface area contributed by atoms with Crippen LogP contribution in [0.3, 0.4) is 0 Å². The molecule has 3 rings (SSSR count). The number of hydrogen-bond acceptors (Lipinski definition) is 4. The van der Waals surface area contributed by atoms with Gasteiger partial charge in [-0.2, -0.15) is 0 Å². The second kappa shape index (κ2) is 10.2. The maximum absolute atomic E-state index is 13.3. The molecular weight excluding hydrogens is 405 g/mol. The summed E-state index contributed by atoms with van der Waals surface area (Å²) in [6.07, 6.45) is 0. The molecule has 2 aromatic rings. The molecule has 174 valence electrons. The number of benzene rings is 2. The number of rotatable bonds is 6. The Morgan fingerprint density at radius 3 is 2.12 bits per heavy atom. The molecule has 2 aromatic carbocycles. The fraction of sp³-hybridized carbons (Fsp3) is 0.480. The third-order valence-electron chi connectivity index (χ3n) is 5.69. The zero-order valence-electron chi connectivity index (χ0n) is 19.9. The summed E-state index contributed by atoms with van der Waals surface area (Å²) in [6.45, 7) is 9.87. The molecule has 6 nitrogen and oxygen atoms in total. The molecule has 0 spiro atoms. The van der Waals surface area contributed by atoms with Crippen molar-refractivity contribution in [2.75, 3.05) is 56.6 Å². The molecule has 2 N–H and O–H groups in total. The molecule has 1 aliphatic heterocycles. The van der Waals surface area contributed by atoms with Gasteiger partial charge in [0.2, 0.25) is 0 Å². The molecule has 2 amide bonds. The van der Waals surface area contributed by atoms with Gasteiger partial charge in [-0.05, 0) is 62.7 Å². The normalized spacial score (nSPS) is 15.9. The van der Waals surface area contributed by atoms with Crippen molar-refractivity contribution in [1.29, 1.82) is 0 Å². The molecule has 1 atom stereocenters. The van der Waals surface area contributed by atoms with E-state index in [2.05, 4.69) is 49.6 Å². The van der Waals surface area contributed by atoms with E-state index in [0.717, 1.165) is 37.6 Å². The van der Waals surface area contributed by atoms with Gasteiger partial charge >= 0.3 is 6.03 Å². The van der Waals surface area contributed by atoms with E-state index >= 15 is 0 Å². The van der Waals surface area contributed by atoms with Crippen LogP contribution in [0.15, 0.2) is 48.5 Å². The number of amides is 2. The molecular formula is C25H36FN5O. The van der Waals surface area contributed by atoms with Crippen molar-refractivity contribution in [3.8, 4) is 0 Å². The number of anilines is 2. The Kier molecular flexibility index (Phi) is 7.61. The molecule has 1 saturated heterocycles. The van der Waals surface area contributed by atoms with Gasteiger partial charge in [0.05, 0.1) is 6.04 Å². The first-order valence-electron chi connectivity index (χ1n) is 11.2. The van der Waals surface area contributed by atoms with Crippen LogP contribution < -0.4 is 20.4 Å². The van der Waals surface area contributed by atoms with Gasteiger partial charge in [-0.25, -0.2) is 9.18 Å². The number of piperazine rings is 1. The molecule has 32 heavy (non-hydrogen) atoms. The summed E-state index contributed by atoms with van der Waals surface area (Å²) in [4.78, 5) is 19.2. The number of carbonyl (C=O) groups is 1. The van der Waals surface area contributed by atoms with Crippen LogP contribution in [-0.4, -0.2) is 63.3 Å². The van der Waals surface area contributed by atoms with Crippen LogP contribution in [0, 0.1) is 5.82 Å². The molecule has 1 aliphatic rings. The summed E-state index contributed by atoms with van der Waals surface area (Å²) in [5.41, 5.74) is 3.09. The Balaban J connectivity index is 1.70. The van der Waals surface area contributed by atoms with Crippen LogP contribution in [0.1, 0.15) is 32.4 Å². The van der Waals surface area contributed by atoms with E-state index < -0.39 is 0 Å². The standard InChI is InChI=1S/C25H36FN5O/c1-25(2,3)28-24(32)27-18-23(19-6-10-21(11-7-19)29(4)5)31-16-14-30(15-17-31)22-12-8-20(26)9-13-22/h6-13,23H,14-18H2,1-5H3,(H2,27,28,32). The van der Waals surface area contributed by atoms with Gasteiger partial charge in [0.25, 0.3) is 0 Å². The fourth-order valence-corrected chi connectivity index (χ4v) is 3.97. The summed E-state index contributed by atoms with van der Waals surface area (Å²) < 4.78 is 13.3. The van der Waals surface area contributed by atoms with Crippen LogP contribution >= 0.6 is 0 Å². The predicted octanol–water partition coefficient (Wildman–Crippen LogP) is 3.85. The van der Waals surface area contributed by atoms with Gasteiger partial charge in [-0.3, -0.25) is 4.90 Å². The van der Waals surface area contributed by atoms with E-state index in [1.807, 2.05) is 47.0 Å². The average molecular weight is 442 g/mol. The van der Waals surface area contributed by atoms with Crippen LogP contribution in [0.5, 0.6) is 0 Å². The molecule has 0 radical (unpaired) electrons. The number of nitrogens with one attached hydrogen (secondary N) is 2. The Hall–Kier alpha value is -2.80. The van der Waals surface area contributed by atoms with Crippen molar-refractivity contribution in [3.05, 3.63) is 59.9 Å². The van der Waals surface area contributed by atoms with Crippen molar-refractivity contribution in [3.63, 3.8) is 0 Å². The monoisotopic (exact) mass is 441 g/mol. The minimum atomic E-state index is -0.284. The van der Waals surface area contributed by atoms with Crippen molar-refractivity contribution in [2.24, 2.45) is 0 Å². The number of halogens is 1. The van der Waals surface area contributed by atoms with Crippen LogP contribution in [0.4, 0.5) is 20.6 Å². The molecule has 0 aliphatic carbocycles. The van der Waals surface area contributed by atoms with Gasteiger partial charge in [-0.1, -0.05) is 12.1 Å². The molecule has 0 aromatic heterocycles. The second-order valence-corrected chi connectivity index (χ2v) is 9.59. The molecule has 1 heterocycles. The Morgan fingerprint density at radius 1 is 1.00 bits per heavy atom. The molecule has 1 fully saturated rings. The topological polar surface area (TPSA) is 50.9 Å². The third-order valence-corrected chi connectivity index (χ3v) is 5.69. The first kappa shape index (κ1) is 23.9. The number of urea groups is 1. The van der Waals surface area contributed by atoms with Crippen LogP contribution in [-0.2, 0) is 0 Å². The van der Waals surface area contributed by atoms with E-state index in [1.54, 1.807) is 0 Å². The maximum Gasteiger partial charge on any atom is 0.315 e. The van der Waals surface area contributed by atoms with Gasteiger partial charge in [0.15, 0.2) is 0 Å². The Labute approximate surface area is 191 Å². The fourth-order valence-electron chi connectivity index (χ4n) is 3.97. The Bertz CT molecular complexity index is 869. The summed E-state index contributed by atoms with van der Waals surface area (Å²) >= 11 is 0. The lowest BCUT2D eigenvalue weighted by Gasteiger charge is -2.40. The van der Waals surface area contributed by atoms with Crippen molar-refractivity contribution in [1.82, 2.24) is 15.5 Å². The van der Waals surface area contributed by atoms with Crippen molar-refractivity contribution >= 4 is 17.4 Å². The first-order chi connectivity index (χ1) is 15.1. The second-order valence-electron chi connectivity index (χ2n) is 9.59. The van der Waals surface area contributed by atoms with E-state index in [0.29, 0.717) is 6.54 Å². The number of carbonyl (C=O) groups excluding carboxylic acids is 1. The average Bonchev–Trinajstić information content (AvgIpc) is 2.74. The minimum absolute atomic E-state index is 0.0762. The summed E-state index contributed by atoms with van der Waals surface area (Å²) in [6, 6.07) is 15.1. The minimum Gasteiger partial charge on any atom is -0.378 e. The summed E-state index contributed by atoms with van der Waals surface area (Å²) in [5, 5.41) is 6.04. The lowest BCUT2D eigenvalue weighted by atomic mass is 10.0. The first-order valence-corrected chi connectivity index (χ1v) is 11.2. The highest BCUT2D eigenvalue weighted by molar-refractivity contribution is 5.74. The largest absolute Gasteiger partial charge is 0.378 e. The quantitative estimate of drug-likeness (QED) is 0.715. The van der Waals surface area contributed by atoms with Crippen LogP contribution in [0.25, 0.3) is 0 Å². The number of hydrogen-bond donors (Lipinski definition) is 2. The van der Waals surface area contributed by atoms with Crippen LogP contribution in [0.2, 0.25) is 0 Å². The molecule has 7 heteroatoms. The number of nitrogens with zero attached hydrogens (tertiary/aromatic N) is 3. The van der Waals surface area contributed by atoms with E-state index in [4.69, 9.17) is 0 Å². The zero-order valence-corrected chi connectivity index (χ0v) is 19.9. The van der Waals surface area contributed by atoms with Crippen molar-refractivity contribution in [2.45, 2.75) is 32.4 Å². The lowest BCUT2D eigenvalue weighted by molar-refractivity contribution is 0.179. The van der Waals surface area contributed by atoms with E-state index in [1.165, 1.54) is 17.7 Å². The van der Waals surface area contributed by atoms with Gasteiger partial charge in [-0.15, -0.1) is 0 Å². The molecule has 0 bridgehead atoms. The highest BCUT2D eigenvalue weighted by atomic mass is 19.1. The molecule has 0 saturated carbocycles. The third kappa shape index (κ3) is 6.60. The van der Waals surface area contributed by atoms with Gasteiger partial charge in [0, 0.05) is 63.7 Å². The van der Waals surface area contributed by atoms with E-state index in [-0.39, 0.29) is 23.4 Å². The highest BCUT2D eigenvalue weighted by Gasteiger charge is 2.26. The maximum atomic E-state index is 13.3. The lowest BCUT2D eigenvalue weighted by Crippen LogP contribution is -2.52. The van der Waals surface area contributed by atoms with Crippen molar-refractivity contribution < 1.29 is 9.18 Å². The summed E-state index contributed by atoms with van der Waals surface area (Å²) in [5.74, 6) is -0.215. The van der Waals surface area contributed by atoms with E-state index in [9.17, 15) is 9.18 Å². The predicted molar refractivity (Wildman–Crippen MR) is 130 cm³/mol. The smallest absolute Gasteiger partial charge is 0.315 e. The highest BCUT2D eigenvalue weighted by Crippen LogP contribution is 2.26.